The Labute approximate surface area is 173 Å². The van der Waals surface area contributed by atoms with E-state index in [9.17, 15) is 0 Å². The Morgan fingerprint density at radius 1 is 0.966 bits per heavy atom. The molecule has 0 fully saturated rings. The fourth-order valence-electron chi connectivity index (χ4n) is 3.05. The van der Waals surface area contributed by atoms with Gasteiger partial charge in [-0.2, -0.15) is 0 Å². The van der Waals surface area contributed by atoms with Crippen LogP contribution in [0.5, 0.6) is 17.2 Å². The molecule has 2 aromatic carbocycles. The maximum absolute atomic E-state index is 5.86. The molecule has 0 spiro atoms. The van der Waals surface area contributed by atoms with Crippen molar-refractivity contribution in [3.05, 3.63) is 60.5 Å². The van der Waals surface area contributed by atoms with Crippen molar-refractivity contribution < 1.29 is 13.9 Å². The van der Waals surface area contributed by atoms with Gasteiger partial charge in [-0.05, 0) is 61.9 Å². The van der Waals surface area contributed by atoms with Crippen molar-refractivity contribution in [3.63, 3.8) is 0 Å². The van der Waals surface area contributed by atoms with E-state index in [0.29, 0.717) is 11.9 Å². The molecule has 29 heavy (non-hydrogen) atoms. The van der Waals surface area contributed by atoms with E-state index in [4.69, 9.17) is 13.9 Å². The lowest BCUT2D eigenvalue weighted by Crippen LogP contribution is -2.25. The van der Waals surface area contributed by atoms with Gasteiger partial charge < -0.3 is 19.2 Å². The van der Waals surface area contributed by atoms with Crippen LogP contribution in [-0.4, -0.2) is 18.1 Å². The molecule has 1 atom stereocenters. The molecule has 3 aromatic rings. The highest BCUT2D eigenvalue weighted by Crippen LogP contribution is 2.26. The van der Waals surface area contributed by atoms with Crippen LogP contribution < -0.4 is 14.8 Å². The lowest BCUT2D eigenvalue weighted by molar-refractivity contribution is 0.413. The summed E-state index contributed by atoms with van der Waals surface area (Å²) in [5, 5.41) is 3.52. The molecule has 0 radical (unpaired) electrons. The Hall–Kier alpha value is -2.79. The summed E-state index contributed by atoms with van der Waals surface area (Å²) in [6.45, 7) is 5.17. The second-order valence-corrected chi connectivity index (χ2v) is 7.22. The molecule has 1 N–H and O–H groups in total. The van der Waals surface area contributed by atoms with E-state index in [1.54, 1.807) is 13.4 Å². The molecule has 0 amide bonds. The van der Waals surface area contributed by atoms with Crippen molar-refractivity contribution in [3.8, 4) is 28.7 Å². The molecule has 0 aliphatic heterocycles. The molecular weight excluding hydrogens is 364 g/mol. The number of oxazole rings is 1. The van der Waals surface area contributed by atoms with Crippen molar-refractivity contribution in [1.29, 1.82) is 0 Å². The van der Waals surface area contributed by atoms with Crippen LogP contribution in [0.4, 0.5) is 0 Å². The fourth-order valence-corrected chi connectivity index (χ4v) is 3.05. The number of hydrogen-bond acceptors (Lipinski definition) is 5. The maximum Gasteiger partial charge on any atom is 0.226 e. The summed E-state index contributed by atoms with van der Waals surface area (Å²) in [5.41, 5.74) is 1.84. The summed E-state index contributed by atoms with van der Waals surface area (Å²) >= 11 is 0. The van der Waals surface area contributed by atoms with Gasteiger partial charge in [-0.1, -0.05) is 26.2 Å². The lowest BCUT2D eigenvalue weighted by Gasteiger charge is -2.11. The van der Waals surface area contributed by atoms with Gasteiger partial charge in [0.15, 0.2) is 0 Å². The first kappa shape index (κ1) is 20.9. The van der Waals surface area contributed by atoms with E-state index in [1.165, 1.54) is 25.7 Å². The van der Waals surface area contributed by atoms with Gasteiger partial charge in [0.25, 0.3) is 0 Å². The van der Waals surface area contributed by atoms with Crippen LogP contribution in [0.3, 0.4) is 0 Å². The minimum absolute atomic E-state index is 0.482. The first-order chi connectivity index (χ1) is 14.2. The molecule has 5 nitrogen and oxygen atoms in total. The third-order valence-electron chi connectivity index (χ3n) is 4.82. The standard InChI is InChI=1S/C24H30N2O3/c1-4-5-6-7-18(2)25-16-20-17-28-24(26-20)19-8-10-22(11-9-19)29-23-14-12-21(27-3)13-15-23/h8-15,17-18,25H,4-7,16H2,1-3H3. The van der Waals surface area contributed by atoms with Crippen LogP contribution in [0.25, 0.3) is 11.5 Å². The van der Waals surface area contributed by atoms with E-state index < -0.39 is 0 Å². The van der Waals surface area contributed by atoms with Gasteiger partial charge in [-0.3, -0.25) is 0 Å². The van der Waals surface area contributed by atoms with E-state index in [-0.39, 0.29) is 0 Å². The van der Waals surface area contributed by atoms with Crippen LogP contribution in [0.15, 0.2) is 59.2 Å². The molecular formula is C24H30N2O3. The normalized spacial score (nSPS) is 12.0. The molecule has 3 rings (SSSR count). The minimum atomic E-state index is 0.482. The number of aromatic nitrogens is 1. The Bertz CT molecular complexity index is 857. The number of nitrogens with zero attached hydrogens (tertiary/aromatic N) is 1. The minimum Gasteiger partial charge on any atom is -0.497 e. The number of methoxy groups -OCH3 is 1. The monoisotopic (exact) mass is 394 g/mol. The van der Waals surface area contributed by atoms with E-state index in [0.717, 1.165) is 35.1 Å². The van der Waals surface area contributed by atoms with Crippen LogP contribution in [0, 0.1) is 0 Å². The molecule has 0 saturated heterocycles. The average molecular weight is 395 g/mol. The highest BCUT2D eigenvalue weighted by molar-refractivity contribution is 5.55. The number of rotatable bonds is 11. The quantitative estimate of drug-likeness (QED) is 0.392. The number of hydrogen-bond donors (Lipinski definition) is 1. The summed E-state index contributed by atoms with van der Waals surface area (Å²) in [6.07, 6.45) is 6.72. The number of ether oxygens (including phenoxy) is 2. The van der Waals surface area contributed by atoms with Crippen LogP contribution >= 0.6 is 0 Å². The van der Waals surface area contributed by atoms with Gasteiger partial charge in [0, 0.05) is 18.2 Å². The maximum atomic E-state index is 5.86. The second-order valence-electron chi connectivity index (χ2n) is 7.22. The number of benzene rings is 2. The smallest absolute Gasteiger partial charge is 0.226 e. The van der Waals surface area contributed by atoms with Gasteiger partial charge in [0.05, 0.1) is 12.8 Å². The molecule has 5 heteroatoms. The zero-order chi connectivity index (χ0) is 20.5. The Morgan fingerprint density at radius 2 is 1.62 bits per heavy atom. The molecule has 0 saturated carbocycles. The van der Waals surface area contributed by atoms with Crippen molar-refractivity contribution in [2.45, 2.75) is 52.1 Å². The predicted molar refractivity (Wildman–Crippen MR) is 115 cm³/mol. The van der Waals surface area contributed by atoms with Crippen molar-refractivity contribution in [1.82, 2.24) is 10.3 Å². The third kappa shape index (κ3) is 6.36. The summed E-state index contributed by atoms with van der Waals surface area (Å²) in [6, 6.07) is 15.7. The summed E-state index contributed by atoms with van der Waals surface area (Å²) in [5.74, 6) is 2.94. The molecule has 0 aliphatic rings. The second kappa shape index (κ2) is 10.7. The van der Waals surface area contributed by atoms with Crippen molar-refractivity contribution in [2.24, 2.45) is 0 Å². The largest absolute Gasteiger partial charge is 0.497 e. The summed E-state index contributed by atoms with van der Waals surface area (Å²) < 4.78 is 16.7. The number of unbranched alkanes of at least 4 members (excludes halogenated alkanes) is 2. The highest BCUT2D eigenvalue weighted by atomic mass is 16.5. The average Bonchev–Trinajstić information content (AvgIpc) is 3.23. The van der Waals surface area contributed by atoms with E-state index in [2.05, 4.69) is 24.1 Å². The molecule has 0 aliphatic carbocycles. The first-order valence-corrected chi connectivity index (χ1v) is 10.3. The highest BCUT2D eigenvalue weighted by Gasteiger charge is 2.09. The predicted octanol–water partition coefficient (Wildman–Crippen LogP) is 6.20. The Morgan fingerprint density at radius 3 is 2.28 bits per heavy atom. The first-order valence-electron chi connectivity index (χ1n) is 10.3. The summed E-state index contributed by atoms with van der Waals surface area (Å²) in [7, 11) is 1.65. The molecule has 1 aromatic heterocycles. The van der Waals surface area contributed by atoms with Crippen LogP contribution in [-0.2, 0) is 6.54 Å². The third-order valence-corrected chi connectivity index (χ3v) is 4.82. The summed E-state index contributed by atoms with van der Waals surface area (Å²) in [4.78, 5) is 4.60. The topological polar surface area (TPSA) is 56.5 Å². The van der Waals surface area contributed by atoms with Gasteiger partial charge in [0.2, 0.25) is 5.89 Å². The molecule has 154 valence electrons. The lowest BCUT2D eigenvalue weighted by atomic mass is 10.1. The van der Waals surface area contributed by atoms with E-state index in [1.807, 2.05) is 48.5 Å². The zero-order valence-corrected chi connectivity index (χ0v) is 17.5. The van der Waals surface area contributed by atoms with Gasteiger partial charge in [-0.15, -0.1) is 0 Å². The Balaban J connectivity index is 1.53. The fraction of sp³-hybridized carbons (Fsp3) is 0.375. The van der Waals surface area contributed by atoms with Gasteiger partial charge in [-0.25, -0.2) is 4.98 Å². The zero-order valence-electron chi connectivity index (χ0n) is 17.5. The molecule has 1 unspecified atom stereocenters. The SMILES string of the molecule is CCCCCC(C)NCc1coc(-c2ccc(Oc3ccc(OC)cc3)cc2)n1. The number of nitrogens with one attached hydrogen (secondary N) is 1. The van der Waals surface area contributed by atoms with Crippen LogP contribution in [0.2, 0.25) is 0 Å². The van der Waals surface area contributed by atoms with Gasteiger partial charge in [0.1, 0.15) is 23.5 Å². The van der Waals surface area contributed by atoms with Crippen molar-refractivity contribution in [2.75, 3.05) is 7.11 Å². The van der Waals surface area contributed by atoms with E-state index >= 15 is 0 Å². The molecule has 1 heterocycles. The van der Waals surface area contributed by atoms with Gasteiger partial charge >= 0.3 is 0 Å². The Kier molecular flexibility index (Phi) is 7.70. The molecule has 0 bridgehead atoms. The van der Waals surface area contributed by atoms with Crippen LogP contribution in [0.1, 0.15) is 45.2 Å². The van der Waals surface area contributed by atoms with Crippen molar-refractivity contribution >= 4 is 0 Å².